The average Bonchev–Trinajstić information content (AvgIpc) is 2.92. The van der Waals surface area contributed by atoms with Gasteiger partial charge in [0.2, 0.25) is 0 Å². The van der Waals surface area contributed by atoms with Crippen molar-refractivity contribution in [1.29, 1.82) is 0 Å². The highest BCUT2D eigenvalue weighted by molar-refractivity contribution is 6.31. The summed E-state index contributed by atoms with van der Waals surface area (Å²) in [5.41, 5.74) is 5.56. The molecule has 3 aromatic rings. The van der Waals surface area contributed by atoms with Crippen LogP contribution in [-0.2, 0) is 25.9 Å². The fourth-order valence-corrected chi connectivity index (χ4v) is 4.50. The first-order valence-electron chi connectivity index (χ1n) is 9.34. The minimum Gasteiger partial charge on any atom is -0.344 e. The highest BCUT2D eigenvalue weighted by atomic mass is 35.5. The molecule has 1 aliphatic rings. The Morgan fingerprint density at radius 1 is 1.04 bits per heavy atom. The Morgan fingerprint density at radius 2 is 1.77 bits per heavy atom. The topological polar surface area (TPSA) is 8.17 Å². The average molecular weight is 387 g/mol. The molecule has 0 N–H and O–H groups in total. The lowest BCUT2D eigenvalue weighted by Gasteiger charge is -2.33. The fraction of sp³-hybridized carbons (Fsp3) is 0.364. The third-order valence-electron chi connectivity index (χ3n) is 5.67. The molecule has 136 valence electrons. The number of nitrogens with zero attached hydrogens (tertiary/aromatic N) is 2. The summed E-state index contributed by atoms with van der Waals surface area (Å²) in [5, 5.41) is 2.92. The van der Waals surface area contributed by atoms with Gasteiger partial charge in [-0.15, -0.1) is 0 Å². The molecule has 0 radical (unpaired) electrons. The molecule has 26 heavy (non-hydrogen) atoms. The molecule has 0 spiro atoms. The van der Waals surface area contributed by atoms with E-state index < -0.39 is 0 Å². The number of aryl methyl sites for hydroxylation is 2. The van der Waals surface area contributed by atoms with Crippen LogP contribution in [0.3, 0.4) is 0 Å². The van der Waals surface area contributed by atoms with Gasteiger partial charge in [0.15, 0.2) is 0 Å². The number of halogens is 2. The molecule has 0 bridgehead atoms. The molecule has 2 nitrogen and oxygen atoms in total. The summed E-state index contributed by atoms with van der Waals surface area (Å²) in [6.07, 6.45) is 2.10. The van der Waals surface area contributed by atoms with Gasteiger partial charge in [0.05, 0.1) is 0 Å². The first kappa shape index (κ1) is 17.9. The second-order valence-corrected chi connectivity index (χ2v) is 8.10. The van der Waals surface area contributed by atoms with Crippen molar-refractivity contribution >= 4 is 34.1 Å². The Hall–Kier alpha value is -1.48. The molecule has 1 aromatic heterocycles. The predicted octanol–water partition coefficient (Wildman–Crippen LogP) is 5.96. The molecule has 4 heteroatoms. The molecule has 0 amide bonds. The molecule has 0 aliphatic carbocycles. The maximum atomic E-state index is 6.32. The zero-order valence-electron chi connectivity index (χ0n) is 15.3. The maximum absolute atomic E-state index is 6.32. The summed E-state index contributed by atoms with van der Waals surface area (Å²) in [7, 11) is 0. The van der Waals surface area contributed by atoms with Crippen molar-refractivity contribution in [2.75, 3.05) is 6.54 Å². The summed E-state index contributed by atoms with van der Waals surface area (Å²) < 4.78 is 2.51. The molecular formula is C22H24Cl2N2. The number of aromatic nitrogens is 1. The molecule has 0 saturated carbocycles. The van der Waals surface area contributed by atoms with Gasteiger partial charge in [-0.1, -0.05) is 42.3 Å². The van der Waals surface area contributed by atoms with Crippen LogP contribution in [-0.4, -0.2) is 22.1 Å². The van der Waals surface area contributed by atoms with E-state index in [0.29, 0.717) is 6.04 Å². The van der Waals surface area contributed by atoms with E-state index in [0.717, 1.165) is 42.5 Å². The predicted molar refractivity (Wildman–Crippen MR) is 111 cm³/mol. The number of rotatable bonds is 4. The Morgan fingerprint density at radius 3 is 2.50 bits per heavy atom. The number of benzene rings is 2. The van der Waals surface area contributed by atoms with E-state index in [1.54, 1.807) is 0 Å². The zero-order chi connectivity index (χ0) is 18.3. The van der Waals surface area contributed by atoms with E-state index in [9.17, 15) is 0 Å². The number of hydrogen-bond acceptors (Lipinski definition) is 1. The third kappa shape index (κ3) is 3.26. The highest BCUT2D eigenvalue weighted by Crippen LogP contribution is 2.34. The minimum atomic E-state index is 0.571. The lowest BCUT2D eigenvalue weighted by Crippen LogP contribution is -2.38. The molecular weight excluding hydrogens is 363 g/mol. The van der Waals surface area contributed by atoms with Crippen molar-refractivity contribution < 1.29 is 0 Å². The van der Waals surface area contributed by atoms with Gasteiger partial charge in [0.1, 0.15) is 0 Å². The van der Waals surface area contributed by atoms with E-state index in [-0.39, 0.29) is 0 Å². The molecule has 0 fully saturated rings. The second kappa shape index (κ2) is 7.26. The molecule has 1 aliphatic heterocycles. The van der Waals surface area contributed by atoms with Gasteiger partial charge in [0.25, 0.3) is 0 Å². The van der Waals surface area contributed by atoms with Gasteiger partial charge in [0, 0.05) is 52.2 Å². The van der Waals surface area contributed by atoms with Gasteiger partial charge in [-0.2, -0.15) is 0 Å². The molecule has 2 aromatic carbocycles. The van der Waals surface area contributed by atoms with Crippen LogP contribution < -0.4 is 0 Å². The van der Waals surface area contributed by atoms with E-state index in [2.05, 4.69) is 47.6 Å². The molecule has 0 saturated heterocycles. The lowest BCUT2D eigenvalue weighted by molar-refractivity contribution is 0.192. The van der Waals surface area contributed by atoms with Crippen molar-refractivity contribution in [2.45, 2.75) is 45.8 Å². The Kier molecular flexibility index (Phi) is 5.00. The van der Waals surface area contributed by atoms with Crippen LogP contribution in [0.15, 0.2) is 42.5 Å². The van der Waals surface area contributed by atoms with Crippen LogP contribution in [0.1, 0.15) is 30.7 Å². The molecule has 1 unspecified atom stereocenters. The van der Waals surface area contributed by atoms with Gasteiger partial charge < -0.3 is 4.57 Å². The van der Waals surface area contributed by atoms with Crippen molar-refractivity contribution in [3.8, 4) is 0 Å². The minimum absolute atomic E-state index is 0.571. The fourth-order valence-electron chi connectivity index (χ4n) is 4.20. The van der Waals surface area contributed by atoms with Crippen molar-refractivity contribution in [2.24, 2.45) is 0 Å². The summed E-state index contributed by atoms with van der Waals surface area (Å²) in [6.45, 7) is 7.65. The summed E-state index contributed by atoms with van der Waals surface area (Å²) >= 11 is 12.3. The number of likely N-dealkylation sites (N-methyl/N-ethyl adjacent to an activating group) is 1. The van der Waals surface area contributed by atoms with Crippen molar-refractivity contribution in [3.05, 3.63) is 69.3 Å². The van der Waals surface area contributed by atoms with Crippen LogP contribution in [0, 0.1) is 0 Å². The Labute approximate surface area is 165 Å². The Bertz CT molecular complexity index is 927. The first-order chi connectivity index (χ1) is 12.6. The van der Waals surface area contributed by atoms with Gasteiger partial charge in [-0.3, -0.25) is 4.90 Å². The Balaban J connectivity index is 1.74. The SMILES string of the molecule is CCN1Cc2c(n(CCc3ccc(Cl)cc3)c3ccc(Cl)cc23)CC1C. The van der Waals surface area contributed by atoms with Crippen molar-refractivity contribution in [1.82, 2.24) is 9.47 Å². The number of hydrogen-bond donors (Lipinski definition) is 0. The summed E-state index contributed by atoms with van der Waals surface area (Å²) in [6, 6.07) is 15.1. The van der Waals surface area contributed by atoms with Gasteiger partial charge in [-0.25, -0.2) is 0 Å². The van der Waals surface area contributed by atoms with E-state index in [1.807, 2.05) is 18.2 Å². The van der Waals surface area contributed by atoms with E-state index in [1.165, 1.54) is 27.7 Å². The van der Waals surface area contributed by atoms with Crippen LogP contribution in [0.25, 0.3) is 10.9 Å². The van der Waals surface area contributed by atoms with Crippen molar-refractivity contribution in [3.63, 3.8) is 0 Å². The second-order valence-electron chi connectivity index (χ2n) is 7.23. The molecule has 2 heterocycles. The summed E-state index contributed by atoms with van der Waals surface area (Å²) in [4.78, 5) is 2.55. The maximum Gasteiger partial charge on any atom is 0.0487 e. The lowest BCUT2D eigenvalue weighted by atomic mass is 9.99. The molecule has 4 rings (SSSR count). The first-order valence-corrected chi connectivity index (χ1v) is 10.1. The standard InChI is InChI=1S/C22H24Cl2N2/c1-3-25-14-20-19-13-18(24)8-9-21(19)26(22(20)12-15(25)2)11-10-16-4-6-17(23)7-5-16/h4-9,13,15H,3,10-12,14H2,1-2H3. The van der Waals surface area contributed by atoms with Crippen LogP contribution >= 0.6 is 23.2 Å². The summed E-state index contributed by atoms with van der Waals surface area (Å²) in [5.74, 6) is 0. The quantitative estimate of drug-likeness (QED) is 0.537. The van der Waals surface area contributed by atoms with Crippen LogP contribution in [0.4, 0.5) is 0 Å². The third-order valence-corrected chi connectivity index (χ3v) is 6.15. The van der Waals surface area contributed by atoms with E-state index >= 15 is 0 Å². The van der Waals surface area contributed by atoms with Crippen LogP contribution in [0.2, 0.25) is 10.0 Å². The zero-order valence-corrected chi connectivity index (χ0v) is 16.8. The highest BCUT2D eigenvalue weighted by Gasteiger charge is 2.27. The van der Waals surface area contributed by atoms with Gasteiger partial charge in [-0.05, 0) is 61.3 Å². The van der Waals surface area contributed by atoms with E-state index in [4.69, 9.17) is 23.2 Å². The molecule has 1 atom stereocenters. The monoisotopic (exact) mass is 386 g/mol. The normalized spacial score (nSPS) is 17.6. The number of fused-ring (bicyclic) bond motifs is 3. The smallest absolute Gasteiger partial charge is 0.0487 e. The van der Waals surface area contributed by atoms with Crippen LogP contribution in [0.5, 0.6) is 0 Å². The largest absolute Gasteiger partial charge is 0.344 e. The van der Waals surface area contributed by atoms with Gasteiger partial charge >= 0.3 is 0 Å².